The molecule has 0 unspecified atom stereocenters. The Hall–Kier alpha value is -0.960. The zero-order valence-electron chi connectivity index (χ0n) is 12.6. The van der Waals surface area contributed by atoms with Crippen LogP contribution in [0.5, 0.6) is 0 Å². The Morgan fingerprint density at radius 1 is 1.18 bits per heavy atom. The maximum absolute atomic E-state index is 12.3. The lowest BCUT2D eigenvalue weighted by Gasteiger charge is -2.27. The van der Waals surface area contributed by atoms with Gasteiger partial charge in [0.05, 0.1) is 11.5 Å². The fourth-order valence-electron chi connectivity index (χ4n) is 2.46. The van der Waals surface area contributed by atoms with Crippen LogP contribution in [0.4, 0.5) is 0 Å². The Bertz CT molecular complexity index is 673. The average Bonchev–Trinajstić information content (AvgIpc) is 2.48. The highest BCUT2D eigenvalue weighted by Crippen LogP contribution is 2.18. The number of sulfone groups is 1. The molecule has 1 aromatic rings. The molecule has 0 saturated carbocycles. The van der Waals surface area contributed by atoms with E-state index >= 15 is 0 Å². The second-order valence-electron chi connectivity index (χ2n) is 5.42. The number of benzene rings is 1. The van der Waals surface area contributed by atoms with E-state index < -0.39 is 20.0 Å². The molecule has 1 atom stereocenters. The zero-order chi connectivity index (χ0) is 16.2. The van der Waals surface area contributed by atoms with Crippen LogP contribution in [0.25, 0.3) is 0 Å². The molecule has 0 radical (unpaired) electrons. The van der Waals surface area contributed by atoms with E-state index in [2.05, 4.69) is 4.72 Å². The van der Waals surface area contributed by atoms with Gasteiger partial charge in [-0.25, -0.2) is 13.1 Å². The van der Waals surface area contributed by atoms with Crippen molar-refractivity contribution >= 4 is 20.0 Å². The van der Waals surface area contributed by atoms with Crippen LogP contribution < -0.4 is 4.72 Å². The monoisotopic (exact) mass is 346 g/mol. The predicted octanol–water partition coefficient (Wildman–Crippen LogP) is 0.745. The molecule has 1 saturated heterocycles. The van der Waals surface area contributed by atoms with Gasteiger partial charge in [-0.3, -0.25) is 0 Å². The van der Waals surface area contributed by atoms with Crippen LogP contribution in [0.3, 0.4) is 0 Å². The van der Waals surface area contributed by atoms with Gasteiger partial charge in [0.25, 0.3) is 10.2 Å². The smallest absolute Gasteiger partial charge is 0.229 e. The van der Waals surface area contributed by atoms with Crippen molar-refractivity contribution < 1.29 is 16.8 Å². The van der Waals surface area contributed by atoms with Crippen LogP contribution in [0.2, 0.25) is 0 Å². The Morgan fingerprint density at radius 2 is 1.77 bits per heavy atom. The second-order valence-corrected chi connectivity index (χ2v) is 9.48. The lowest BCUT2D eigenvalue weighted by molar-refractivity contribution is 0.419. The van der Waals surface area contributed by atoms with Gasteiger partial charge in [-0.05, 0) is 17.9 Å². The third-order valence-electron chi connectivity index (χ3n) is 3.92. The van der Waals surface area contributed by atoms with E-state index in [1.807, 2.05) is 37.3 Å². The van der Waals surface area contributed by atoms with Crippen molar-refractivity contribution in [2.24, 2.45) is 0 Å². The summed E-state index contributed by atoms with van der Waals surface area (Å²) in [5, 5.41) is 0. The van der Waals surface area contributed by atoms with Gasteiger partial charge in [-0.1, -0.05) is 37.3 Å². The molecule has 6 nitrogen and oxygen atoms in total. The number of nitrogens with one attached hydrogen (secondary N) is 1. The van der Waals surface area contributed by atoms with E-state index in [0.717, 1.165) is 12.0 Å². The molecule has 0 bridgehead atoms. The molecule has 2 rings (SSSR count). The third-order valence-corrected chi connectivity index (χ3v) is 7.10. The van der Waals surface area contributed by atoms with Crippen molar-refractivity contribution in [3.05, 3.63) is 35.9 Å². The largest absolute Gasteiger partial charge is 0.279 e. The van der Waals surface area contributed by atoms with Crippen LogP contribution in [-0.2, 0) is 20.0 Å². The summed E-state index contributed by atoms with van der Waals surface area (Å²) in [4.78, 5) is 0. The van der Waals surface area contributed by atoms with E-state index in [0.29, 0.717) is 6.54 Å². The summed E-state index contributed by atoms with van der Waals surface area (Å²) >= 11 is 0. The predicted molar refractivity (Wildman–Crippen MR) is 86.6 cm³/mol. The van der Waals surface area contributed by atoms with Crippen LogP contribution in [0, 0.1) is 0 Å². The maximum atomic E-state index is 12.3. The average molecular weight is 346 g/mol. The van der Waals surface area contributed by atoms with E-state index in [1.165, 1.54) is 4.31 Å². The van der Waals surface area contributed by atoms with Gasteiger partial charge >= 0.3 is 0 Å². The van der Waals surface area contributed by atoms with E-state index in [4.69, 9.17) is 0 Å². The molecule has 1 aromatic carbocycles. The molecule has 1 fully saturated rings. The molecular formula is C14H22N2O4S2. The van der Waals surface area contributed by atoms with E-state index in [1.54, 1.807) is 0 Å². The molecule has 8 heteroatoms. The fourth-order valence-corrected chi connectivity index (χ4v) is 5.15. The van der Waals surface area contributed by atoms with Crippen molar-refractivity contribution in [2.75, 3.05) is 31.1 Å². The molecule has 0 aliphatic carbocycles. The molecule has 0 spiro atoms. The van der Waals surface area contributed by atoms with Crippen molar-refractivity contribution in [2.45, 2.75) is 19.3 Å². The first-order valence-electron chi connectivity index (χ1n) is 7.34. The summed E-state index contributed by atoms with van der Waals surface area (Å²) in [6.07, 6.45) is 0.820. The van der Waals surface area contributed by atoms with Gasteiger partial charge in [0, 0.05) is 19.6 Å². The Morgan fingerprint density at radius 3 is 2.32 bits per heavy atom. The van der Waals surface area contributed by atoms with Crippen LogP contribution in [0.1, 0.15) is 24.8 Å². The first kappa shape index (κ1) is 17.4. The summed E-state index contributed by atoms with van der Waals surface area (Å²) in [6.45, 7) is 2.38. The Labute approximate surface area is 132 Å². The molecule has 1 aliphatic heterocycles. The van der Waals surface area contributed by atoms with Gasteiger partial charge in [-0.2, -0.15) is 12.7 Å². The van der Waals surface area contributed by atoms with E-state index in [-0.39, 0.29) is 30.5 Å². The van der Waals surface area contributed by atoms with Crippen LogP contribution in [-0.4, -0.2) is 52.3 Å². The topological polar surface area (TPSA) is 83.6 Å². The highest BCUT2D eigenvalue weighted by molar-refractivity contribution is 7.91. The summed E-state index contributed by atoms with van der Waals surface area (Å²) in [6, 6.07) is 9.75. The molecule has 124 valence electrons. The minimum absolute atomic E-state index is 0.0276. The molecular weight excluding hydrogens is 324 g/mol. The third kappa shape index (κ3) is 4.52. The molecule has 1 heterocycles. The van der Waals surface area contributed by atoms with Crippen molar-refractivity contribution in [3.63, 3.8) is 0 Å². The minimum atomic E-state index is -3.63. The quantitative estimate of drug-likeness (QED) is 0.824. The lowest BCUT2D eigenvalue weighted by atomic mass is 9.97. The standard InChI is InChI=1S/C14H22N2O4S2/c1-2-13(14-6-4-3-5-7-14)12-15-22(19,20)16-8-10-21(17,18)11-9-16/h3-7,13,15H,2,8-12H2,1H3/t13-/m1/s1. The van der Waals surface area contributed by atoms with Crippen molar-refractivity contribution in [3.8, 4) is 0 Å². The SMILES string of the molecule is CC[C@H](CNS(=O)(=O)N1CCS(=O)(=O)CC1)c1ccccc1. The van der Waals surface area contributed by atoms with Crippen molar-refractivity contribution in [1.82, 2.24) is 9.03 Å². The van der Waals surface area contributed by atoms with Gasteiger partial charge in [0.15, 0.2) is 9.84 Å². The van der Waals surface area contributed by atoms with Crippen LogP contribution >= 0.6 is 0 Å². The normalized spacial score (nSPS) is 20.6. The minimum Gasteiger partial charge on any atom is -0.229 e. The number of hydrogen-bond acceptors (Lipinski definition) is 4. The molecule has 1 aliphatic rings. The van der Waals surface area contributed by atoms with Gasteiger partial charge < -0.3 is 0 Å². The molecule has 1 N–H and O–H groups in total. The van der Waals surface area contributed by atoms with Crippen molar-refractivity contribution in [1.29, 1.82) is 0 Å². The number of nitrogens with zero attached hydrogens (tertiary/aromatic N) is 1. The Kier molecular flexibility index (Phi) is 5.60. The van der Waals surface area contributed by atoms with Gasteiger partial charge in [-0.15, -0.1) is 0 Å². The van der Waals surface area contributed by atoms with E-state index in [9.17, 15) is 16.8 Å². The van der Waals surface area contributed by atoms with Gasteiger partial charge in [0.2, 0.25) is 0 Å². The highest BCUT2D eigenvalue weighted by atomic mass is 32.2. The summed E-state index contributed by atoms with van der Waals surface area (Å²) < 4.78 is 51.1. The molecule has 0 aromatic heterocycles. The number of rotatable bonds is 6. The maximum Gasteiger partial charge on any atom is 0.279 e. The molecule has 22 heavy (non-hydrogen) atoms. The summed E-state index contributed by atoms with van der Waals surface area (Å²) in [7, 11) is -6.72. The fraction of sp³-hybridized carbons (Fsp3) is 0.571. The number of hydrogen-bond donors (Lipinski definition) is 1. The highest BCUT2D eigenvalue weighted by Gasteiger charge is 2.30. The second kappa shape index (κ2) is 7.08. The Balaban J connectivity index is 1.97. The first-order valence-corrected chi connectivity index (χ1v) is 10.6. The summed E-state index contributed by atoms with van der Waals surface area (Å²) in [5.41, 5.74) is 1.09. The summed E-state index contributed by atoms with van der Waals surface area (Å²) in [5.74, 6) is -0.113. The van der Waals surface area contributed by atoms with Gasteiger partial charge in [0.1, 0.15) is 0 Å². The van der Waals surface area contributed by atoms with Crippen LogP contribution in [0.15, 0.2) is 30.3 Å². The zero-order valence-corrected chi connectivity index (χ0v) is 14.2. The molecule has 0 amide bonds. The first-order chi connectivity index (χ1) is 10.3. The lowest BCUT2D eigenvalue weighted by Crippen LogP contribution is -2.49.